The largest absolute Gasteiger partial charge is 0.240 e. The van der Waals surface area contributed by atoms with Crippen LogP contribution in [0.5, 0.6) is 0 Å². The molecule has 1 unspecified atom stereocenters. The molecule has 1 rings (SSSR count). The van der Waals surface area contributed by atoms with Gasteiger partial charge in [-0.2, -0.15) is 0 Å². The van der Waals surface area contributed by atoms with Gasteiger partial charge in [0, 0.05) is 4.83 Å². The molecule has 0 aromatic heterocycles. The van der Waals surface area contributed by atoms with Crippen LogP contribution in [0, 0.1) is 0 Å². The van der Waals surface area contributed by atoms with Crippen molar-refractivity contribution < 1.29 is 8.42 Å². The van der Waals surface area contributed by atoms with Crippen molar-refractivity contribution in [3.05, 3.63) is 29.8 Å². The summed E-state index contributed by atoms with van der Waals surface area (Å²) in [5, 5.41) is 0. The molecular weight excluding hydrogens is 302 g/mol. The third-order valence-corrected chi connectivity index (χ3v) is 4.77. The molecule has 0 fully saturated rings. The predicted molar refractivity (Wildman–Crippen MR) is 74.0 cm³/mol. The summed E-state index contributed by atoms with van der Waals surface area (Å²) in [7, 11) is -1.90. The van der Waals surface area contributed by atoms with Gasteiger partial charge in [-0.1, -0.05) is 41.4 Å². The average Bonchev–Trinajstić information content (AvgIpc) is 2.30. The Labute approximate surface area is 112 Å². The number of hydrogen-bond acceptors (Lipinski definition) is 2. The van der Waals surface area contributed by atoms with Gasteiger partial charge in [0.05, 0.1) is 4.90 Å². The molecule has 0 radical (unpaired) electrons. The molecule has 0 bridgehead atoms. The predicted octanol–water partition coefficient (Wildman–Crippen LogP) is 2.70. The van der Waals surface area contributed by atoms with E-state index in [1.54, 1.807) is 12.1 Å². The van der Waals surface area contributed by atoms with E-state index >= 15 is 0 Å². The molecule has 1 aromatic rings. The second-order valence-electron chi connectivity index (χ2n) is 3.94. The fourth-order valence-electron chi connectivity index (χ4n) is 1.59. The molecule has 0 aliphatic carbocycles. The van der Waals surface area contributed by atoms with E-state index in [9.17, 15) is 8.42 Å². The van der Waals surface area contributed by atoms with Crippen LogP contribution in [0.15, 0.2) is 29.2 Å². The van der Waals surface area contributed by atoms with Crippen LogP contribution in [-0.2, 0) is 16.4 Å². The Morgan fingerprint density at radius 1 is 1.29 bits per heavy atom. The molecule has 5 heteroatoms. The quantitative estimate of drug-likeness (QED) is 0.819. The van der Waals surface area contributed by atoms with Gasteiger partial charge >= 0.3 is 0 Å². The Kier molecular flexibility index (Phi) is 5.62. The van der Waals surface area contributed by atoms with Crippen LogP contribution >= 0.6 is 15.9 Å². The highest BCUT2D eigenvalue weighted by molar-refractivity contribution is 9.09. The van der Waals surface area contributed by atoms with Crippen LogP contribution in [0.3, 0.4) is 0 Å². The zero-order valence-corrected chi connectivity index (χ0v) is 12.5. The first-order valence-electron chi connectivity index (χ1n) is 5.66. The number of alkyl halides is 1. The fraction of sp³-hybridized carbons (Fsp3) is 0.500. The first-order chi connectivity index (χ1) is 7.99. The van der Waals surface area contributed by atoms with Gasteiger partial charge in [-0.15, -0.1) is 0 Å². The Morgan fingerprint density at radius 3 is 2.35 bits per heavy atom. The lowest BCUT2D eigenvalue weighted by Crippen LogP contribution is -2.18. The van der Waals surface area contributed by atoms with E-state index in [0.29, 0.717) is 9.72 Å². The van der Waals surface area contributed by atoms with E-state index in [1.807, 2.05) is 12.1 Å². The zero-order chi connectivity index (χ0) is 12.9. The topological polar surface area (TPSA) is 46.2 Å². The lowest BCUT2D eigenvalue weighted by Gasteiger charge is -2.09. The van der Waals surface area contributed by atoms with Crippen LogP contribution in [0.4, 0.5) is 0 Å². The highest BCUT2D eigenvalue weighted by Crippen LogP contribution is 2.17. The van der Waals surface area contributed by atoms with Crippen LogP contribution < -0.4 is 4.72 Å². The molecule has 0 spiro atoms. The van der Waals surface area contributed by atoms with Crippen LogP contribution in [0.2, 0.25) is 0 Å². The van der Waals surface area contributed by atoms with Crippen molar-refractivity contribution >= 4 is 26.0 Å². The van der Waals surface area contributed by atoms with Crippen molar-refractivity contribution in [3.8, 4) is 0 Å². The summed E-state index contributed by atoms with van der Waals surface area (Å²) in [5.74, 6) is 0. The molecule has 17 heavy (non-hydrogen) atoms. The lowest BCUT2D eigenvalue weighted by atomic mass is 10.1. The number of halogens is 1. The Bertz CT molecular complexity index is 442. The SMILES string of the molecule is CCCC(Br)Cc1ccc(S(=O)(=O)NC)cc1. The first kappa shape index (κ1) is 14.7. The van der Waals surface area contributed by atoms with Crippen molar-refractivity contribution in [2.24, 2.45) is 0 Å². The zero-order valence-electron chi connectivity index (χ0n) is 10.1. The summed E-state index contributed by atoms with van der Waals surface area (Å²) in [5.41, 5.74) is 1.15. The van der Waals surface area contributed by atoms with Gasteiger partial charge in [-0.25, -0.2) is 13.1 Å². The Balaban J connectivity index is 2.75. The van der Waals surface area contributed by atoms with E-state index < -0.39 is 10.0 Å². The second kappa shape index (κ2) is 6.52. The van der Waals surface area contributed by atoms with Gasteiger partial charge in [-0.05, 0) is 37.6 Å². The summed E-state index contributed by atoms with van der Waals surface area (Å²) >= 11 is 3.62. The van der Waals surface area contributed by atoms with E-state index in [0.717, 1.165) is 24.8 Å². The molecule has 0 aliphatic heterocycles. The van der Waals surface area contributed by atoms with Crippen LogP contribution in [0.1, 0.15) is 25.3 Å². The maximum atomic E-state index is 11.5. The smallest absolute Gasteiger partial charge is 0.214 e. The van der Waals surface area contributed by atoms with Crippen molar-refractivity contribution in [3.63, 3.8) is 0 Å². The van der Waals surface area contributed by atoms with Crippen molar-refractivity contribution in [1.82, 2.24) is 4.72 Å². The Morgan fingerprint density at radius 2 is 1.88 bits per heavy atom. The maximum Gasteiger partial charge on any atom is 0.240 e. The molecule has 0 saturated carbocycles. The van der Waals surface area contributed by atoms with E-state index in [2.05, 4.69) is 27.6 Å². The summed E-state index contributed by atoms with van der Waals surface area (Å²) in [6.07, 6.45) is 3.19. The van der Waals surface area contributed by atoms with Gasteiger partial charge in [-0.3, -0.25) is 0 Å². The Hall–Kier alpha value is -0.390. The third kappa shape index (κ3) is 4.41. The molecule has 0 heterocycles. The minimum absolute atomic E-state index is 0.311. The minimum Gasteiger partial charge on any atom is -0.214 e. The number of benzene rings is 1. The normalized spacial score (nSPS) is 13.6. The molecule has 3 nitrogen and oxygen atoms in total. The summed E-state index contributed by atoms with van der Waals surface area (Å²) < 4.78 is 25.3. The van der Waals surface area contributed by atoms with Crippen molar-refractivity contribution in [2.75, 3.05) is 7.05 Å². The van der Waals surface area contributed by atoms with Crippen LogP contribution in [-0.4, -0.2) is 20.3 Å². The van der Waals surface area contributed by atoms with Crippen molar-refractivity contribution in [2.45, 2.75) is 35.9 Å². The number of hydrogen-bond donors (Lipinski definition) is 1. The molecule has 1 N–H and O–H groups in total. The first-order valence-corrected chi connectivity index (χ1v) is 8.06. The summed E-state index contributed by atoms with van der Waals surface area (Å²) in [6.45, 7) is 2.15. The average molecular weight is 320 g/mol. The standard InChI is InChI=1S/C12H18BrNO2S/c1-3-4-11(13)9-10-5-7-12(8-6-10)17(15,16)14-2/h5-8,11,14H,3-4,9H2,1-2H3. The second-order valence-corrected chi connectivity index (χ2v) is 7.12. The van der Waals surface area contributed by atoms with Gasteiger partial charge in [0.1, 0.15) is 0 Å². The van der Waals surface area contributed by atoms with Crippen molar-refractivity contribution in [1.29, 1.82) is 0 Å². The van der Waals surface area contributed by atoms with E-state index in [4.69, 9.17) is 0 Å². The maximum absolute atomic E-state index is 11.5. The lowest BCUT2D eigenvalue weighted by molar-refractivity contribution is 0.588. The number of nitrogens with one attached hydrogen (secondary N) is 1. The van der Waals surface area contributed by atoms with E-state index in [1.165, 1.54) is 7.05 Å². The highest BCUT2D eigenvalue weighted by atomic mass is 79.9. The fourth-order valence-corrected chi connectivity index (χ4v) is 3.16. The monoisotopic (exact) mass is 319 g/mol. The molecular formula is C12H18BrNO2S. The molecule has 0 saturated heterocycles. The van der Waals surface area contributed by atoms with Gasteiger partial charge in [0.15, 0.2) is 0 Å². The molecule has 1 aromatic carbocycles. The highest BCUT2D eigenvalue weighted by Gasteiger charge is 2.11. The third-order valence-electron chi connectivity index (χ3n) is 2.56. The summed E-state index contributed by atoms with van der Waals surface area (Å²) in [6, 6.07) is 7.03. The van der Waals surface area contributed by atoms with E-state index in [-0.39, 0.29) is 0 Å². The van der Waals surface area contributed by atoms with Gasteiger partial charge < -0.3 is 0 Å². The van der Waals surface area contributed by atoms with Crippen LogP contribution in [0.25, 0.3) is 0 Å². The molecule has 1 atom stereocenters. The molecule has 96 valence electrons. The number of sulfonamides is 1. The molecule has 0 aliphatic rings. The minimum atomic E-state index is -3.32. The van der Waals surface area contributed by atoms with Gasteiger partial charge in [0.25, 0.3) is 0 Å². The van der Waals surface area contributed by atoms with Gasteiger partial charge in [0.2, 0.25) is 10.0 Å². The number of rotatable bonds is 6. The molecule has 0 amide bonds. The summed E-state index contributed by atoms with van der Waals surface area (Å²) in [4.78, 5) is 0.768.